The number of carboxylic acid groups (broad SMARTS) is 2. The predicted octanol–water partition coefficient (Wildman–Crippen LogP) is 2.76. The van der Waals surface area contributed by atoms with Crippen LogP contribution in [0.4, 0.5) is 11.4 Å². The Morgan fingerprint density at radius 3 is 2.14 bits per heavy atom. The smallest absolute Gasteiger partial charge is 0.460 e. The van der Waals surface area contributed by atoms with Crippen LogP contribution in [0.5, 0.6) is 0 Å². The van der Waals surface area contributed by atoms with Gasteiger partial charge in [-0.1, -0.05) is 32.4 Å². The third-order valence-electron chi connectivity index (χ3n) is 7.87. The molecule has 0 aliphatic carbocycles. The highest BCUT2D eigenvalue weighted by molar-refractivity contribution is 7.99. The summed E-state index contributed by atoms with van der Waals surface area (Å²) in [4.78, 5) is 88.6. The Morgan fingerprint density at radius 1 is 1.00 bits per heavy atom. The molecule has 3 atom stereocenters. The van der Waals surface area contributed by atoms with E-state index in [1.807, 2.05) is 5.32 Å². The fourth-order valence-corrected chi connectivity index (χ4v) is 6.60. The second kappa shape index (κ2) is 18.2. The van der Waals surface area contributed by atoms with Crippen molar-refractivity contribution in [3.8, 4) is 6.19 Å². The minimum atomic E-state index is -3.35. The van der Waals surface area contributed by atoms with Crippen LogP contribution in [0.2, 0.25) is 5.02 Å². The summed E-state index contributed by atoms with van der Waals surface area (Å²) in [7, 11) is 0.693. The van der Waals surface area contributed by atoms with E-state index in [1.54, 1.807) is 27.0 Å². The molecule has 0 bridgehead atoms. The molecule has 0 aromatic heterocycles. The van der Waals surface area contributed by atoms with Crippen molar-refractivity contribution in [3.63, 3.8) is 0 Å². The molecule has 22 nitrogen and oxygen atoms in total. The van der Waals surface area contributed by atoms with Crippen molar-refractivity contribution < 1.29 is 44.2 Å². The van der Waals surface area contributed by atoms with E-state index in [1.165, 1.54) is 24.3 Å². The monoisotopic (exact) mass is 818 g/mol. The summed E-state index contributed by atoms with van der Waals surface area (Å²) in [6, 6.07) is 5.61. The second-order valence-electron chi connectivity index (χ2n) is 13.2. The molecule has 1 heterocycles. The number of nitro groups is 3. The Balaban J connectivity index is 2.02. The van der Waals surface area contributed by atoms with Gasteiger partial charge < -0.3 is 36.3 Å². The molecular weight excluding hydrogens is 784 g/mol. The molecule has 6 N–H and O–H groups in total. The van der Waals surface area contributed by atoms with E-state index < -0.39 is 90.8 Å². The number of guanidine groups is 1. The number of halogens is 1. The van der Waals surface area contributed by atoms with Crippen molar-refractivity contribution >= 4 is 70.1 Å². The fraction of sp³-hybridized carbons (Fsp3) is 0.375. The lowest BCUT2D eigenvalue weighted by Crippen LogP contribution is -2.64. The number of nitrogens with one attached hydrogen (secondary N) is 4. The number of aliphatic imine (C=N–C) groups is 1. The van der Waals surface area contributed by atoms with Gasteiger partial charge in [0.05, 0.1) is 33.7 Å². The van der Waals surface area contributed by atoms with E-state index in [0.29, 0.717) is 12.1 Å². The molecule has 0 fully saturated rings. The zero-order valence-corrected chi connectivity index (χ0v) is 31.5. The van der Waals surface area contributed by atoms with Crippen molar-refractivity contribution in [2.75, 3.05) is 23.9 Å². The first-order chi connectivity index (χ1) is 26.1. The highest BCUT2D eigenvalue weighted by Crippen LogP contribution is 2.44. The third kappa shape index (κ3) is 10.4. The normalized spacial score (nSPS) is 16.4. The highest BCUT2D eigenvalue weighted by Gasteiger charge is 2.69. The van der Waals surface area contributed by atoms with Gasteiger partial charge in [-0.2, -0.15) is 21.9 Å². The van der Waals surface area contributed by atoms with Gasteiger partial charge in [-0.3, -0.25) is 35.1 Å². The number of thioether (sulfide) groups is 1. The number of rotatable bonds is 16. The Hall–Kier alpha value is -6.54. The van der Waals surface area contributed by atoms with Gasteiger partial charge in [-0.05, 0) is 65.0 Å². The zero-order chi connectivity index (χ0) is 42.1. The van der Waals surface area contributed by atoms with Crippen LogP contribution in [0, 0.1) is 47.2 Å². The molecule has 3 rings (SSSR count). The number of aliphatic carboxylic acids is 2. The van der Waals surface area contributed by atoms with Crippen LogP contribution < -0.4 is 21.3 Å². The first-order valence-electron chi connectivity index (χ1n) is 16.1. The van der Waals surface area contributed by atoms with Gasteiger partial charge in [0.2, 0.25) is 11.9 Å². The molecule has 3 unspecified atom stereocenters. The van der Waals surface area contributed by atoms with Gasteiger partial charge >= 0.3 is 35.0 Å². The molecule has 0 saturated carbocycles. The summed E-state index contributed by atoms with van der Waals surface area (Å²) >= 11 is 6.80. The van der Waals surface area contributed by atoms with Gasteiger partial charge in [-0.15, -0.1) is 0 Å². The SMILES string of the molecule is CN1C([N+](=O)[O-])=C([N+](=O)[O-])c2cc(NC(=Nc3ccc(Cl)cc3)NC#N)ccc2C1(C(=O)NC(CCSCC(NC(=O)CC(C)(C)C)C(=O)O)C(=O)O)[N+](=O)[O-]. The molecule has 2 aromatic carbocycles. The van der Waals surface area contributed by atoms with Crippen LogP contribution >= 0.6 is 23.4 Å². The predicted molar refractivity (Wildman–Crippen MR) is 200 cm³/mol. The average molecular weight is 819 g/mol. The molecule has 0 spiro atoms. The van der Waals surface area contributed by atoms with Gasteiger partial charge in [0, 0.05) is 22.9 Å². The van der Waals surface area contributed by atoms with Crippen LogP contribution in [-0.2, 0) is 24.8 Å². The quantitative estimate of drug-likeness (QED) is 0.0270. The number of fused-ring (bicyclic) bond motifs is 1. The molecule has 24 heteroatoms. The number of carboxylic acids is 2. The topological polar surface area (TPSA) is 326 Å². The summed E-state index contributed by atoms with van der Waals surface area (Å²) in [5.74, 6) is -7.38. The lowest BCUT2D eigenvalue weighted by atomic mass is 9.86. The maximum absolute atomic E-state index is 14.0. The molecule has 56 heavy (non-hydrogen) atoms. The first kappa shape index (κ1) is 43.9. The average Bonchev–Trinajstić information content (AvgIpc) is 3.08. The number of hydrogen-bond donors (Lipinski definition) is 6. The van der Waals surface area contributed by atoms with Crippen LogP contribution in [0.15, 0.2) is 53.3 Å². The highest BCUT2D eigenvalue weighted by atomic mass is 35.5. The number of anilines is 1. The Morgan fingerprint density at radius 2 is 1.62 bits per heavy atom. The molecule has 1 aliphatic rings. The maximum atomic E-state index is 14.0. The summed E-state index contributed by atoms with van der Waals surface area (Å²) in [6.45, 7) is 5.33. The largest absolute Gasteiger partial charge is 0.480 e. The number of carbonyl (C=O) groups excluding carboxylic acids is 2. The Bertz CT molecular complexity index is 2030. The summed E-state index contributed by atoms with van der Waals surface area (Å²) in [5, 5.41) is 76.1. The lowest BCUT2D eigenvalue weighted by molar-refractivity contribution is -0.603. The molecule has 1 aliphatic heterocycles. The standard InChI is InChI=1S/C32H35ClN10O12S/c1-31(2,3)14-24(44)38-23(28(47)48)15-56-12-11-22(27(45)46)39-29(49)32(43(54)55)21-10-9-19(13-20(21)25(41(50)51)26(40(32)4)42(52)53)37-30(35-16-34)36-18-7-5-17(33)6-8-18/h5-10,13,22-23H,11-12,14-15H2,1-4H3,(H,38,44)(H,39,49)(H,45,46)(H,47,48)(H2,35,36,37). The van der Waals surface area contributed by atoms with E-state index >= 15 is 0 Å². The number of amides is 2. The number of carbonyl (C=O) groups is 4. The van der Waals surface area contributed by atoms with Crippen molar-refractivity contribution in [2.24, 2.45) is 10.4 Å². The maximum Gasteiger partial charge on any atom is 0.460 e. The lowest BCUT2D eigenvalue weighted by Gasteiger charge is -2.33. The minimum Gasteiger partial charge on any atom is -0.480 e. The van der Waals surface area contributed by atoms with Crippen LogP contribution in [0.3, 0.4) is 0 Å². The van der Waals surface area contributed by atoms with E-state index in [9.17, 15) is 65.0 Å². The van der Waals surface area contributed by atoms with Crippen molar-refractivity contribution in [3.05, 3.63) is 94.8 Å². The Labute approximate surface area is 326 Å². The molecule has 298 valence electrons. The molecule has 0 saturated heterocycles. The van der Waals surface area contributed by atoms with Crippen molar-refractivity contribution in [1.82, 2.24) is 20.9 Å². The summed E-state index contributed by atoms with van der Waals surface area (Å²) in [6.07, 6.45) is 1.21. The number of nitrogens with zero attached hydrogens (tertiary/aromatic N) is 6. The van der Waals surface area contributed by atoms with Gasteiger partial charge in [0.25, 0.3) is 0 Å². The van der Waals surface area contributed by atoms with Crippen LogP contribution in [0.25, 0.3) is 5.70 Å². The molecule has 0 radical (unpaired) electrons. The molecule has 2 amide bonds. The minimum absolute atomic E-state index is 0.0245. The third-order valence-corrected chi connectivity index (χ3v) is 9.21. The van der Waals surface area contributed by atoms with Gasteiger partial charge in [0.1, 0.15) is 12.1 Å². The van der Waals surface area contributed by atoms with Gasteiger partial charge in [-0.25, -0.2) is 14.6 Å². The van der Waals surface area contributed by atoms with E-state index in [-0.39, 0.29) is 40.2 Å². The van der Waals surface area contributed by atoms with Crippen molar-refractivity contribution in [2.45, 2.75) is 51.4 Å². The number of likely N-dealkylation sites (N-methyl/N-ethyl adjacent to an activating group) is 1. The number of hydrogen-bond acceptors (Lipinski definition) is 14. The second-order valence-corrected chi connectivity index (χ2v) is 14.7. The summed E-state index contributed by atoms with van der Waals surface area (Å²) in [5.41, 5.74) is -6.42. The molecular formula is C32H35ClN10O12S. The van der Waals surface area contributed by atoms with E-state index in [0.717, 1.165) is 30.0 Å². The molecule has 2 aromatic rings. The van der Waals surface area contributed by atoms with Crippen molar-refractivity contribution in [1.29, 1.82) is 5.26 Å². The first-order valence-corrected chi connectivity index (χ1v) is 17.6. The van der Waals surface area contributed by atoms with E-state index in [2.05, 4.69) is 20.9 Å². The van der Waals surface area contributed by atoms with E-state index in [4.69, 9.17) is 11.6 Å². The zero-order valence-electron chi connectivity index (χ0n) is 30.0. The Kier molecular flexibility index (Phi) is 14.2. The fourth-order valence-electron chi connectivity index (χ4n) is 5.44. The number of nitriles is 1. The summed E-state index contributed by atoms with van der Waals surface area (Å²) < 4.78 is 0. The van der Waals surface area contributed by atoms with Crippen LogP contribution in [0.1, 0.15) is 44.7 Å². The number of benzene rings is 2. The van der Waals surface area contributed by atoms with Gasteiger partial charge in [0.15, 0.2) is 6.19 Å². The van der Waals surface area contributed by atoms with Crippen LogP contribution in [-0.4, -0.2) is 90.2 Å².